The lowest BCUT2D eigenvalue weighted by Gasteiger charge is -2.25. The predicted octanol–water partition coefficient (Wildman–Crippen LogP) is 1.58. The highest BCUT2D eigenvalue weighted by Crippen LogP contribution is 2.31. The van der Waals surface area contributed by atoms with Crippen LogP contribution in [0.5, 0.6) is 0 Å². The van der Waals surface area contributed by atoms with Gasteiger partial charge in [0, 0.05) is 5.54 Å². The molecule has 1 fully saturated rings. The number of hydrazine groups is 1. The summed E-state index contributed by atoms with van der Waals surface area (Å²) in [7, 11) is -3.54. The van der Waals surface area contributed by atoms with Crippen molar-refractivity contribution < 1.29 is 8.42 Å². The third kappa shape index (κ3) is 2.66. The van der Waals surface area contributed by atoms with Gasteiger partial charge >= 0.3 is 0 Å². The zero-order valence-corrected chi connectivity index (χ0v) is 11.3. The van der Waals surface area contributed by atoms with E-state index in [0.29, 0.717) is 5.69 Å². The Balaban J connectivity index is 2.30. The van der Waals surface area contributed by atoms with Crippen molar-refractivity contribution in [2.24, 2.45) is 5.84 Å². The largest absolute Gasteiger partial charge is 0.323 e. The van der Waals surface area contributed by atoms with Gasteiger partial charge in [-0.25, -0.2) is 13.1 Å². The van der Waals surface area contributed by atoms with E-state index < -0.39 is 10.0 Å². The summed E-state index contributed by atoms with van der Waals surface area (Å²) in [4.78, 5) is 0.195. The van der Waals surface area contributed by atoms with Gasteiger partial charge in [0.2, 0.25) is 10.0 Å². The van der Waals surface area contributed by atoms with Gasteiger partial charge in [-0.2, -0.15) is 0 Å². The van der Waals surface area contributed by atoms with Crippen LogP contribution in [0.2, 0.25) is 0 Å². The fourth-order valence-electron chi connectivity index (χ4n) is 2.46. The van der Waals surface area contributed by atoms with Crippen molar-refractivity contribution in [2.75, 3.05) is 5.43 Å². The van der Waals surface area contributed by atoms with E-state index in [1.54, 1.807) is 24.3 Å². The van der Waals surface area contributed by atoms with E-state index >= 15 is 0 Å². The Morgan fingerprint density at radius 3 is 2.44 bits per heavy atom. The van der Waals surface area contributed by atoms with Crippen LogP contribution in [0.15, 0.2) is 29.2 Å². The summed E-state index contributed by atoms with van der Waals surface area (Å²) < 4.78 is 27.5. The van der Waals surface area contributed by atoms with E-state index in [1.807, 2.05) is 6.92 Å². The Hall–Kier alpha value is -1.11. The van der Waals surface area contributed by atoms with E-state index in [9.17, 15) is 8.42 Å². The first-order valence-corrected chi connectivity index (χ1v) is 7.55. The van der Waals surface area contributed by atoms with E-state index in [1.165, 1.54) is 0 Å². The van der Waals surface area contributed by atoms with E-state index in [4.69, 9.17) is 5.84 Å². The standard InChI is InChI=1S/C12H19N3O2S/c1-12(8-4-5-9-12)15-18(16,17)11-7-3-2-6-10(11)14-13/h2-3,6-7,14-15H,4-5,8-9,13H2,1H3. The molecule has 1 saturated carbocycles. The van der Waals surface area contributed by atoms with Crippen molar-refractivity contribution in [1.29, 1.82) is 0 Å². The zero-order valence-electron chi connectivity index (χ0n) is 10.4. The smallest absolute Gasteiger partial charge is 0.243 e. The number of para-hydroxylation sites is 1. The van der Waals surface area contributed by atoms with Crippen LogP contribution in [-0.2, 0) is 10.0 Å². The maximum atomic E-state index is 12.4. The number of hydrogen-bond donors (Lipinski definition) is 3. The first-order valence-electron chi connectivity index (χ1n) is 6.06. The average Bonchev–Trinajstić information content (AvgIpc) is 2.74. The molecule has 0 aliphatic heterocycles. The average molecular weight is 269 g/mol. The molecule has 1 aromatic rings. The first kappa shape index (κ1) is 13.3. The van der Waals surface area contributed by atoms with Gasteiger partial charge in [0.1, 0.15) is 4.90 Å². The number of nitrogens with one attached hydrogen (secondary N) is 2. The summed E-state index contributed by atoms with van der Waals surface area (Å²) in [6, 6.07) is 6.62. The molecule has 2 rings (SSSR count). The maximum Gasteiger partial charge on any atom is 0.243 e. The normalized spacial score (nSPS) is 18.8. The molecule has 0 bridgehead atoms. The summed E-state index contributed by atoms with van der Waals surface area (Å²) >= 11 is 0. The molecule has 1 aromatic carbocycles. The molecule has 0 heterocycles. The van der Waals surface area contributed by atoms with Crippen molar-refractivity contribution in [3.8, 4) is 0 Å². The minimum absolute atomic E-state index is 0.195. The van der Waals surface area contributed by atoms with Gasteiger partial charge in [0.05, 0.1) is 5.69 Å². The molecule has 18 heavy (non-hydrogen) atoms. The molecule has 5 nitrogen and oxygen atoms in total. The van der Waals surface area contributed by atoms with Crippen LogP contribution in [0.3, 0.4) is 0 Å². The van der Waals surface area contributed by atoms with Crippen LogP contribution >= 0.6 is 0 Å². The molecular formula is C12H19N3O2S. The lowest BCUT2D eigenvalue weighted by molar-refractivity contribution is 0.427. The molecule has 100 valence electrons. The van der Waals surface area contributed by atoms with Gasteiger partial charge in [0.25, 0.3) is 0 Å². The van der Waals surface area contributed by atoms with Crippen molar-refractivity contribution in [1.82, 2.24) is 4.72 Å². The van der Waals surface area contributed by atoms with E-state index in [-0.39, 0.29) is 10.4 Å². The molecule has 0 spiro atoms. The van der Waals surface area contributed by atoms with Gasteiger partial charge < -0.3 is 5.43 Å². The van der Waals surface area contributed by atoms with Crippen LogP contribution in [0.25, 0.3) is 0 Å². The second kappa shape index (κ2) is 4.87. The Kier molecular flexibility index (Phi) is 3.61. The Morgan fingerprint density at radius 2 is 1.83 bits per heavy atom. The minimum atomic E-state index is -3.54. The number of nitrogen functional groups attached to an aromatic ring is 1. The molecule has 0 radical (unpaired) electrons. The number of anilines is 1. The number of benzene rings is 1. The van der Waals surface area contributed by atoms with E-state index in [2.05, 4.69) is 10.1 Å². The SMILES string of the molecule is CC1(NS(=O)(=O)c2ccccc2NN)CCCC1. The fourth-order valence-corrected chi connectivity index (χ4v) is 4.09. The molecule has 0 amide bonds. The van der Waals surface area contributed by atoms with Crippen LogP contribution < -0.4 is 16.0 Å². The second-order valence-corrected chi connectivity index (χ2v) is 6.66. The third-order valence-corrected chi connectivity index (χ3v) is 5.12. The summed E-state index contributed by atoms with van der Waals surface area (Å²) in [5.74, 6) is 5.35. The zero-order chi connectivity index (χ0) is 13.2. The molecule has 0 saturated heterocycles. The summed E-state index contributed by atoms with van der Waals surface area (Å²) in [6.07, 6.45) is 3.89. The molecular weight excluding hydrogens is 250 g/mol. The highest BCUT2D eigenvalue weighted by Gasteiger charge is 2.34. The van der Waals surface area contributed by atoms with Crippen molar-refractivity contribution >= 4 is 15.7 Å². The van der Waals surface area contributed by atoms with E-state index in [0.717, 1.165) is 25.7 Å². The summed E-state index contributed by atoms with van der Waals surface area (Å²) in [6.45, 7) is 1.95. The van der Waals surface area contributed by atoms with Gasteiger partial charge in [-0.1, -0.05) is 25.0 Å². The van der Waals surface area contributed by atoms with Gasteiger partial charge in [-0.05, 0) is 31.9 Å². The Labute approximate surface area is 108 Å². The van der Waals surface area contributed by atoms with Gasteiger partial charge in [-0.15, -0.1) is 0 Å². The quantitative estimate of drug-likeness (QED) is 0.572. The maximum absolute atomic E-state index is 12.4. The topological polar surface area (TPSA) is 84.2 Å². The predicted molar refractivity (Wildman–Crippen MR) is 71.4 cm³/mol. The Morgan fingerprint density at radius 1 is 1.22 bits per heavy atom. The fraction of sp³-hybridized carbons (Fsp3) is 0.500. The molecule has 6 heteroatoms. The number of rotatable bonds is 4. The highest BCUT2D eigenvalue weighted by molar-refractivity contribution is 7.89. The number of sulfonamides is 1. The molecule has 4 N–H and O–H groups in total. The lowest BCUT2D eigenvalue weighted by Crippen LogP contribution is -2.43. The lowest BCUT2D eigenvalue weighted by atomic mass is 10.0. The summed E-state index contributed by atoms with van der Waals surface area (Å²) in [5.41, 5.74) is 2.50. The number of hydrogen-bond acceptors (Lipinski definition) is 4. The first-order chi connectivity index (χ1) is 8.47. The second-order valence-electron chi connectivity index (χ2n) is 5.01. The number of nitrogens with two attached hydrogens (primary N) is 1. The molecule has 0 aromatic heterocycles. The minimum Gasteiger partial charge on any atom is -0.323 e. The highest BCUT2D eigenvalue weighted by atomic mass is 32.2. The van der Waals surface area contributed by atoms with Gasteiger partial charge in [0.15, 0.2) is 0 Å². The van der Waals surface area contributed by atoms with Gasteiger partial charge in [-0.3, -0.25) is 5.84 Å². The van der Waals surface area contributed by atoms with Crippen LogP contribution in [0, 0.1) is 0 Å². The van der Waals surface area contributed by atoms with Crippen molar-refractivity contribution in [2.45, 2.75) is 43.0 Å². The third-order valence-electron chi connectivity index (χ3n) is 3.42. The Bertz CT molecular complexity index is 522. The van der Waals surface area contributed by atoms with Crippen LogP contribution in [0.4, 0.5) is 5.69 Å². The molecule has 0 unspecified atom stereocenters. The summed E-state index contributed by atoms with van der Waals surface area (Å²) in [5, 5.41) is 0. The van der Waals surface area contributed by atoms with Crippen molar-refractivity contribution in [3.63, 3.8) is 0 Å². The molecule has 0 atom stereocenters. The molecule has 1 aliphatic carbocycles. The van der Waals surface area contributed by atoms with Crippen molar-refractivity contribution in [3.05, 3.63) is 24.3 Å². The van der Waals surface area contributed by atoms with Crippen LogP contribution in [-0.4, -0.2) is 14.0 Å². The molecule has 1 aliphatic rings. The monoisotopic (exact) mass is 269 g/mol. The van der Waals surface area contributed by atoms with Crippen LogP contribution in [0.1, 0.15) is 32.6 Å².